The van der Waals surface area contributed by atoms with Gasteiger partial charge in [-0.15, -0.1) is 11.3 Å². The van der Waals surface area contributed by atoms with Gasteiger partial charge in [-0.1, -0.05) is 12.1 Å². The minimum atomic E-state index is -0.0412. The van der Waals surface area contributed by atoms with Crippen LogP contribution in [0.4, 0.5) is 0 Å². The van der Waals surface area contributed by atoms with E-state index >= 15 is 0 Å². The molecule has 0 saturated carbocycles. The highest BCUT2D eigenvalue weighted by atomic mass is 32.1. The van der Waals surface area contributed by atoms with Crippen LogP contribution in [0, 0.1) is 6.92 Å². The number of thiazole rings is 1. The second-order valence-corrected chi connectivity index (χ2v) is 6.70. The third-order valence-electron chi connectivity index (χ3n) is 4.31. The SMILES string of the molecule is CNC(=O)c1cccc([C@@H]2CNCCN2Cc2scnc2C)c1. The number of hydrogen-bond acceptors (Lipinski definition) is 5. The van der Waals surface area contributed by atoms with Crippen LogP contribution in [0.1, 0.15) is 32.5 Å². The van der Waals surface area contributed by atoms with Crippen molar-refractivity contribution in [1.29, 1.82) is 0 Å². The largest absolute Gasteiger partial charge is 0.355 e. The summed E-state index contributed by atoms with van der Waals surface area (Å²) in [4.78, 5) is 20.0. The standard InChI is InChI=1S/C17H22N4OS/c1-12-16(23-11-20-12)10-21-7-6-19-9-15(21)13-4-3-5-14(8-13)17(22)18-2/h3-5,8,11,15,19H,6-7,9-10H2,1-2H3,(H,18,22)/t15-/m0/s1. The Morgan fingerprint density at radius 3 is 3.13 bits per heavy atom. The van der Waals surface area contributed by atoms with E-state index < -0.39 is 0 Å². The lowest BCUT2D eigenvalue weighted by atomic mass is 10.0. The Morgan fingerprint density at radius 2 is 2.39 bits per heavy atom. The molecule has 0 radical (unpaired) electrons. The van der Waals surface area contributed by atoms with Gasteiger partial charge in [-0.05, 0) is 24.6 Å². The fourth-order valence-corrected chi connectivity index (χ4v) is 3.76. The number of nitrogens with one attached hydrogen (secondary N) is 2. The summed E-state index contributed by atoms with van der Waals surface area (Å²) in [7, 11) is 1.66. The molecular weight excluding hydrogens is 308 g/mol. The Labute approximate surface area is 140 Å². The zero-order valence-corrected chi connectivity index (χ0v) is 14.3. The molecule has 0 bridgehead atoms. The van der Waals surface area contributed by atoms with Gasteiger partial charge in [-0.3, -0.25) is 9.69 Å². The number of hydrogen-bond donors (Lipinski definition) is 2. The first-order valence-electron chi connectivity index (χ1n) is 7.85. The zero-order valence-electron chi connectivity index (χ0n) is 13.5. The first-order chi connectivity index (χ1) is 11.2. The number of carbonyl (C=O) groups excluding carboxylic acids is 1. The van der Waals surface area contributed by atoms with Gasteiger partial charge in [0, 0.05) is 49.7 Å². The molecule has 1 aliphatic rings. The smallest absolute Gasteiger partial charge is 0.251 e. The van der Waals surface area contributed by atoms with E-state index in [1.165, 1.54) is 10.4 Å². The molecule has 1 aromatic carbocycles. The van der Waals surface area contributed by atoms with E-state index in [0.29, 0.717) is 5.56 Å². The highest BCUT2D eigenvalue weighted by Crippen LogP contribution is 2.26. The van der Waals surface area contributed by atoms with Crippen LogP contribution in [0.25, 0.3) is 0 Å². The van der Waals surface area contributed by atoms with Crippen molar-refractivity contribution in [3.63, 3.8) is 0 Å². The number of carbonyl (C=O) groups is 1. The van der Waals surface area contributed by atoms with Crippen LogP contribution in [-0.2, 0) is 6.54 Å². The van der Waals surface area contributed by atoms with Gasteiger partial charge >= 0.3 is 0 Å². The zero-order chi connectivity index (χ0) is 16.2. The lowest BCUT2D eigenvalue weighted by Crippen LogP contribution is -2.45. The second kappa shape index (κ2) is 7.21. The summed E-state index contributed by atoms with van der Waals surface area (Å²) in [5.74, 6) is -0.0412. The topological polar surface area (TPSA) is 57.3 Å². The summed E-state index contributed by atoms with van der Waals surface area (Å²) in [6.45, 7) is 5.85. The van der Waals surface area contributed by atoms with E-state index in [0.717, 1.165) is 31.9 Å². The van der Waals surface area contributed by atoms with Gasteiger partial charge in [0.2, 0.25) is 0 Å². The number of aromatic nitrogens is 1. The minimum Gasteiger partial charge on any atom is -0.355 e. The molecule has 0 aliphatic carbocycles. The maximum absolute atomic E-state index is 11.9. The van der Waals surface area contributed by atoms with E-state index in [9.17, 15) is 4.79 Å². The number of rotatable bonds is 4. The number of amides is 1. The van der Waals surface area contributed by atoms with E-state index in [2.05, 4.69) is 33.5 Å². The average Bonchev–Trinajstić information content (AvgIpc) is 2.99. The quantitative estimate of drug-likeness (QED) is 0.900. The number of aryl methyl sites for hydroxylation is 1. The van der Waals surface area contributed by atoms with E-state index in [1.807, 2.05) is 23.7 Å². The van der Waals surface area contributed by atoms with Crippen molar-refractivity contribution < 1.29 is 4.79 Å². The molecule has 1 atom stereocenters. The van der Waals surface area contributed by atoms with Crippen molar-refractivity contribution in [2.75, 3.05) is 26.7 Å². The van der Waals surface area contributed by atoms with Crippen LogP contribution in [0.2, 0.25) is 0 Å². The molecule has 1 fully saturated rings. The highest BCUT2D eigenvalue weighted by Gasteiger charge is 2.25. The van der Waals surface area contributed by atoms with E-state index in [-0.39, 0.29) is 11.9 Å². The van der Waals surface area contributed by atoms with Crippen LogP contribution in [-0.4, -0.2) is 42.5 Å². The van der Waals surface area contributed by atoms with Crippen molar-refractivity contribution in [1.82, 2.24) is 20.5 Å². The lowest BCUT2D eigenvalue weighted by Gasteiger charge is -2.36. The van der Waals surface area contributed by atoms with Gasteiger partial charge in [0.15, 0.2) is 0 Å². The van der Waals surface area contributed by atoms with E-state index in [1.54, 1.807) is 18.4 Å². The molecule has 2 aromatic rings. The Balaban J connectivity index is 1.83. The first-order valence-corrected chi connectivity index (χ1v) is 8.73. The molecule has 0 unspecified atom stereocenters. The Hall–Kier alpha value is -1.76. The molecule has 1 aliphatic heterocycles. The summed E-state index contributed by atoms with van der Waals surface area (Å²) < 4.78 is 0. The third-order valence-corrected chi connectivity index (χ3v) is 5.23. The fourth-order valence-electron chi connectivity index (χ4n) is 2.96. The van der Waals surface area contributed by atoms with E-state index in [4.69, 9.17) is 0 Å². The monoisotopic (exact) mass is 330 g/mol. The molecule has 5 nitrogen and oxygen atoms in total. The second-order valence-electron chi connectivity index (χ2n) is 5.76. The van der Waals surface area contributed by atoms with Crippen LogP contribution in [0.15, 0.2) is 29.8 Å². The van der Waals surface area contributed by atoms with Gasteiger partial charge in [-0.2, -0.15) is 0 Å². The fraction of sp³-hybridized carbons (Fsp3) is 0.412. The summed E-state index contributed by atoms with van der Waals surface area (Å²) in [5.41, 5.74) is 4.92. The van der Waals surface area contributed by atoms with Crippen molar-refractivity contribution in [2.45, 2.75) is 19.5 Å². The molecule has 6 heteroatoms. The summed E-state index contributed by atoms with van der Waals surface area (Å²) in [6.07, 6.45) is 0. The number of benzene rings is 1. The number of piperazine rings is 1. The molecule has 0 spiro atoms. The van der Waals surface area contributed by atoms with Crippen molar-refractivity contribution in [3.05, 3.63) is 51.5 Å². The van der Waals surface area contributed by atoms with Gasteiger partial charge in [0.05, 0.1) is 11.2 Å². The molecule has 122 valence electrons. The first kappa shape index (κ1) is 16.1. The predicted molar refractivity (Wildman–Crippen MR) is 92.7 cm³/mol. The molecule has 1 saturated heterocycles. The maximum atomic E-state index is 11.9. The molecule has 1 amide bonds. The van der Waals surface area contributed by atoms with Gasteiger partial charge in [0.1, 0.15) is 0 Å². The summed E-state index contributed by atoms with van der Waals surface area (Å²) in [6, 6.07) is 8.20. The molecule has 1 aromatic heterocycles. The van der Waals surface area contributed by atoms with Crippen molar-refractivity contribution in [2.24, 2.45) is 0 Å². The third kappa shape index (κ3) is 3.60. The van der Waals surface area contributed by atoms with Crippen LogP contribution >= 0.6 is 11.3 Å². The molecule has 23 heavy (non-hydrogen) atoms. The van der Waals surface area contributed by atoms with Crippen LogP contribution in [0.3, 0.4) is 0 Å². The van der Waals surface area contributed by atoms with Crippen LogP contribution in [0.5, 0.6) is 0 Å². The Bertz CT molecular complexity index is 685. The van der Waals surface area contributed by atoms with Crippen molar-refractivity contribution >= 4 is 17.2 Å². The Morgan fingerprint density at radius 1 is 1.52 bits per heavy atom. The van der Waals surface area contributed by atoms with Crippen LogP contribution < -0.4 is 10.6 Å². The molecule has 2 heterocycles. The number of nitrogens with zero attached hydrogens (tertiary/aromatic N) is 2. The molecule has 3 rings (SSSR count). The Kier molecular flexibility index (Phi) is 5.05. The summed E-state index contributed by atoms with van der Waals surface area (Å²) in [5, 5.41) is 6.16. The molecular formula is C17H22N4OS. The van der Waals surface area contributed by atoms with Gasteiger partial charge in [-0.25, -0.2) is 4.98 Å². The average molecular weight is 330 g/mol. The lowest BCUT2D eigenvalue weighted by molar-refractivity contribution is 0.0962. The highest BCUT2D eigenvalue weighted by molar-refractivity contribution is 7.09. The van der Waals surface area contributed by atoms with Gasteiger partial charge < -0.3 is 10.6 Å². The summed E-state index contributed by atoms with van der Waals surface area (Å²) >= 11 is 1.71. The predicted octanol–water partition coefficient (Wildman–Crippen LogP) is 1.96. The van der Waals surface area contributed by atoms with Gasteiger partial charge in [0.25, 0.3) is 5.91 Å². The maximum Gasteiger partial charge on any atom is 0.251 e. The normalized spacial score (nSPS) is 18.8. The molecule has 2 N–H and O–H groups in total. The van der Waals surface area contributed by atoms with Crippen molar-refractivity contribution in [3.8, 4) is 0 Å². The minimum absolute atomic E-state index is 0.0412.